The summed E-state index contributed by atoms with van der Waals surface area (Å²) in [6.45, 7) is 12.9. The molecule has 1 saturated carbocycles. The van der Waals surface area contributed by atoms with Crippen LogP contribution in [0.1, 0.15) is 138 Å². The highest BCUT2D eigenvalue weighted by molar-refractivity contribution is 6.39. The van der Waals surface area contributed by atoms with Crippen molar-refractivity contribution in [3.8, 4) is 0 Å². The number of aliphatic hydroxyl groups excluding tert-OH is 2. The highest BCUT2D eigenvalue weighted by atomic mass is 16.6. The molecule has 15 atom stereocenters. The minimum absolute atomic E-state index is 0.0184. The Morgan fingerprint density at radius 2 is 1.62 bits per heavy atom. The van der Waals surface area contributed by atoms with Crippen molar-refractivity contribution >= 4 is 35.1 Å². The Morgan fingerprint density at radius 1 is 0.903 bits per heavy atom. The number of ketones is 3. The van der Waals surface area contributed by atoms with Crippen LogP contribution in [0.15, 0.2) is 47.6 Å². The number of rotatable bonds is 10. The van der Waals surface area contributed by atoms with E-state index >= 15 is 0 Å². The molecule has 1 unspecified atom stereocenters. The second-order valence-electron chi connectivity index (χ2n) is 21.6. The zero-order valence-electron chi connectivity index (χ0n) is 45.1. The number of aliphatic hydroxyl groups is 3. The second-order valence-corrected chi connectivity index (χ2v) is 21.6. The number of fused-ring (bicyclic) bond motifs is 3. The Hall–Kier alpha value is -3.90. The summed E-state index contributed by atoms with van der Waals surface area (Å²) in [7, 11) is 6.32. The number of hydrogen-bond donors (Lipinski definition) is 3. The average molecular weight is 1010 g/mol. The van der Waals surface area contributed by atoms with Crippen molar-refractivity contribution in [1.82, 2.24) is 9.80 Å². The molecule has 406 valence electrons. The number of amides is 2. The quantitative estimate of drug-likeness (QED) is 0.0933. The molecule has 0 radical (unpaired) electrons. The van der Waals surface area contributed by atoms with Gasteiger partial charge in [0.05, 0.1) is 24.4 Å². The maximum Gasteiger partial charge on any atom is 0.329 e. The third-order valence-corrected chi connectivity index (χ3v) is 15.5. The van der Waals surface area contributed by atoms with Gasteiger partial charge in [-0.25, -0.2) is 4.79 Å². The van der Waals surface area contributed by atoms with Gasteiger partial charge >= 0.3 is 5.97 Å². The molecule has 0 aromatic rings. The summed E-state index contributed by atoms with van der Waals surface area (Å²) in [6, 6.07) is -1.17. The first-order chi connectivity index (χ1) is 34.0. The smallest absolute Gasteiger partial charge is 0.329 e. The molecule has 16 heteroatoms. The lowest BCUT2D eigenvalue weighted by molar-refractivity contribution is -0.266. The van der Waals surface area contributed by atoms with Crippen molar-refractivity contribution in [1.29, 1.82) is 0 Å². The van der Waals surface area contributed by atoms with Gasteiger partial charge in [-0.05, 0) is 113 Å². The molecule has 1 aliphatic carbocycles. The molecule has 3 N–H and O–H groups in total. The van der Waals surface area contributed by atoms with Gasteiger partial charge in [-0.3, -0.25) is 24.0 Å². The lowest BCUT2D eigenvalue weighted by Crippen LogP contribution is -2.61. The van der Waals surface area contributed by atoms with Crippen molar-refractivity contribution in [2.45, 2.75) is 193 Å². The van der Waals surface area contributed by atoms with Crippen molar-refractivity contribution in [3.63, 3.8) is 0 Å². The van der Waals surface area contributed by atoms with E-state index in [-0.39, 0.29) is 80.2 Å². The van der Waals surface area contributed by atoms with E-state index in [1.807, 2.05) is 51.2 Å². The molecule has 0 aromatic heterocycles. The molecule has 2 saturated heterocycles. The highest BCUT2D eigenvalue weighted by Crippen LogP contribution is 2.38. The number of piperidine rings is 1. The van der Waals surface area contributed by atoms with Gasteiger partial charge in [0.15, 0.2) is 5.78 Å². The summed E-state index contributed by atoms with van der Waals surface area (Å²) in [5.74, 6) is -8.34. The SMILES string of the molecule is CO[C@@H]1C[C@H](C[C@@H](C)[C@@H]2CC(=O)[C@H](C)/C=C(\C)[C@@H](O)[C@@H](OC)C(=O)[C@H](C)C[C@H](C)/C=C/C=C/C=C(\C)C(OCCCC(=O)N(C)C)C[C@@H]3CC[C@@H](C)[C@@](O)(O3)C(=O)C(=O)N3CCCC[C@H]3C(=O)O2)CC[C@H]1O. The van der Waals surface area contributed by atoms with Gasteiger partial charge in [0.2, 0.25) is 11.7 Å². The van der Waals surface area contributed by atoms with Crippen LogP contribution >= 0.6 is 0 Å². The molecular formula is C56H88N2O14. The minimum atomic E-state index is -2.49. The molecule has 3 heterocycles. The molecule has 0 spiro atoms. The third-order valence-electron chi connectivity index (χ3n) is 15.5. The van der Waals surface area contributed by atoms with E-state index in [1.54, 1.807) is 55.0 Å². The fourth-order valence-electron chi connectivity index (χ4n) is 10.7. The van der Waals surface area contributed by atoms with E-state index in [0.717, 1.165) is 5.57 Å². The Labute approximate surface area is 428 Å². The first kappa shape index (κ1) is 60.7. The molecule has 2 bridgehead atoms. The monoisotopic (exact) mass is 1010 g/mol. The Morgan fingerprint density at radius 3 is 2.31 bits per heavy atom. The van der Waals surface area contributed by atoms with Crippen molar-refractivity contribution in [2.24, 2.45) is 35.5 Å². The van der Waals surface area contributed by atoms with Crippen LogP contribution in [0.25, 0.3) is 0 Å². The largest absolute Gasteiger partial charge is 0.460 e. The van der Waals surface area contributed by atoms with Crippen LogP contribution < -0.4 is 0 Å². The van der Waals surface area contributed by atoms with E-state index in [2.05, 4.69) is 0 Å². The lowest BCUT2D eigenvalue weighted by atomic mass is 9.78. The van der Waals surface area contributed by atoms with Crippen LogP contribution in [0.2, 0.25) is 0 Å². The topological polar surface area (TPSA) is 216 Å². The minimum Gasteiger partial charge on any atom is -0.460 e. The number of cyclic esters (lactones) is 1. The van der Waals surface area contributed by atoms with Gasteiger partial charge in [0.25, 0.3) is 11.7 Å². The van der Waals surface area contributed by atoms with Gasteiger partial charge in [0, 0.05) is 78.5 Å². The summed E-state index contributed by atoms with van der Waals surface area (Å²) >= 11 is 0. The lowest BCUT2D eigenvalue weighted by Gasteiger charge is -2.43. The van der Waals surface area contributed by atoms with Crippen LogP contribution in [-0.2, 0) is 52.5 Å². The summed E-state index contributed by atoms with van der Waals surface area (Å²) < 4.78 is 30.1. The number of ether oxygens (including phenoxy) is 5. The molecular weight excluding hydrogens is 925 g/mol. The predicted molar refractivity (Wildman–Crippen MR) is 272 cm³/mol. The molecule has 72 heavy (non-hydrogen) atoms. The molecule has 0 aromatic carbocycles. The number of nitrogens with zero attached hydrogens (tertiary/aromatic N) is 2. The standard InChI is InChI=1S/C56H88N2O14/c1-34-18-13-12-14-19-35(2)46(70-27-17-21-49(61)57(8)9)32-42-24-22-40(7)56(67,72-42)53(64)54(65)58-26-16-15-20-43(58)55(66)71-47(37(4)30-41-23-25-44(59)48(31-41)68-10)33-45(60)36(3)29-39(6)51(63)52(69-11)50(62)38(5)28-34/h12-14,18-19,29,34,36-38,40-44,46-48,51-52,59,63,67H,15-17,20-28,30-33H2,1-11H3/b14-12+,18-13+,35-19+,39-29+/t34-,36-,37-,38-,40-,41+,42+,43+,44-,46?,47+,48-,51-,52+,56-/m1/s1. The number of allylic oxidation sites excluding steroid dienone is 6. The molecule has 16 nitrogen and oxygen atoms in total. The first-order valence-electron chi connectivity index (χ1n) is 26.5. The van der Waals surface area contributed by atoms with Gasteiger partial charge in [-0.2, -0.15) is 0 Å². The number of Topliss-reactive ketones (excluding diaryl/α,β-unsaturated/α-hetero) is 3. The fraction of sp³-hybridized carbons (Fsp3) is 0.750. The number of hydrogen-bond acceptors (Lipinski definition) is 14. The predicted octanol–water partition coefficient (Wildman–Crippen LogP) is 6.42. The number of carbonyl (C=O) groups is 6. The molecule has 4 aliphatic rings. The summed E-state index contributed by atoms with van der Waals surface area (Å²) in [4.78, 5) is 86.4. The van der Waals surface area contributed by atoms with E-state index in [4.69, 9.17) is 23.7 Å². The van der Waals surface area contributed by atoms with Crippen LogP contribution in [0, 0.1) is 35.5 Å². The normalized spacial score (nSPS) is 37.6. The zero-order valence-corrected chi connectivity index (χ0v) is 45.1. The van der Waals surface area contributed by atoms with Crippen molar-refractivity contribution < 1.29 is 67.8 Å². The van der Waals surface area contributed by atoms with Gasteiger partial charge in [-0.1, -0.05) is 71.1 Å². The Kier molecular flexibility index (Phi) is 24.2. The number of methoxy groups -OCH3 is 2. The fourth-order valence-corrected chi connectivity index (χ4v) is 10.7. The Bertz CT molecular complexity index is 1960. The van der Waals surface area contributed by atoms with Crippen LogP contribution in [0.3, 0.4) is 0 Å². The van der Waals surface area contributed by atoms with Crippen LogP contribution in [-0.4, -0.2) is 156 Å². The van der Waals surface area contributed by atoms with Gasteiger partial charge in [0.1, 0.15) is 30.1 Å². The molecule has 3 fully saturated rings. The third kappa shape index (κ3) is 16.8. The summed E-state index contributed by atoms with van der Waals surface area (Å²) in [6.07, 6.45) is 11.2. The zero-order chi connectivity index (χ0) is 53.4. The van der Waals surface area contributed by atoms with Crippen molar-refractivity contribution in [3.05, 3.63) is 47.6 Å². The molecule has 4 rings (SSSR count). The van der Waals surface area contributed by atoms with E-state index in [0.29, 0.717) is 69.8 Å². The first-order valence-corrected chi connectivity index (χ1v) is 26.5. The molecule has 2 amide bonds. The molecule has 3 aliphatic heterocycles. The summed E-state index contributed by atoms with van der Waals surface area (Å²) in [5, 5.41) is 34.2. The van der Waals surface area contributed by atoms with E-state index in [9.17, 15) is 44.1 Å². The average Bonchev–Trinajstić information content (AvgIpc) is 3.35. The highest BCUT2D eigenvalue weighted by Gasteiger charge is 2.53. The van der Waals surface area contributed by atoms with Gasteiger partial charge < -0.3 is 48.8 Å². The summed E-state index contributed by atoms with van der Waals surface area (Å²) in [5.41, 5.74) is 1.20. The van der Waals surface area contributed by atoms with E-state index in [1.165, 1.54) is 16.9 Å². The van der Waals surface area contributed by atoms with E-state index < -0.39 is 83.9 Å². The van der Waals surface area contributed by atoms with Crippen LogP contribution in [0.5, 0.6) is 0 Å². The maximum atomic E-state index is 14.5. The van der Waals surface area contributed by atoms with Gasteiger partial charge in [-0.15, -0.1) is 0 Å². The number of esters is 1. The Balaban J connectivity index is 1.72. The van der Waals surface area contributed by atoms with Crippen LogP contribution in [0.4, 0.5) is 0 Å². The van der Waals surface area contributed by atoms with Crippen molar-refractivity contribution in [2.75, 3.05) is 41.5 Å². The maximum absolute atomic E-state index is 14.5. The number of carbonyl (C=O) groups excluding carboxylic acids is 6. The second kappa shape index (κ2) is 28.7.